The van der Waals surface area contributed by atoms with Gasteiger partial charge in [-0.3, -0.25) is 0 Å². The number of anilines is 3. The molecule has 0 aliphatic heterocycles. The molecule has 74 heavy (non-hydrogen) atoms. The lowest BCUT2D eigenvalue weighted by Crippen LogP contribution is -2.28. The smallest absolute Gasteiger partial charge is 0.143 e. The second kappa shape index (κ2) is 15.7. The lowest BCUT2D eigenvalue weighted by Gasteiger charge is -2.34. The van der Waals surface area contributed by atoms with E-state index in [1.165, 1.54) is 89.0 Å². The van der Waals surface area contributed by atoms with Crippen molar-refractivity contribution in [3.05, 3.63) is 257 Å². The van der Waals surface area contributed by atoms with Gasteiger partial charge in [0.15, 0.2) is 0 Å². The van der Waals surface area contributed by atoms with Crippen molar-refractivity contribution in [1.29, 1.82) is 0 Å². The third-order valence-corrected chi connectivity index (χ3v) is 17.0. The Kier molecular flexibility index (Phi) is 9.41. The van der Waals surface area contributed by atoms with E-state index in [1.54, 1.807) is 0 Å². The van der Waals surface area contributed by atoms with Crippen LogP contribution in [0.1, 0.15) is 99.9 Å². The highest BCUT2D eigenvalue weighted by atomic mass is 16.3. The highest BCUT2D eigenvalue weighted by molar-refractivity contribution is 6.09. The molecule has 0 unspecified atom stereocenters. The average Bonchev–Trinajstić information content (AvgIpc) is 4.14. The molecule has 0 bridgehead atoms. The van der Waals surface area contributed by atoms with Gasteiger partial charge in [0.1, 0.15) is 11.2 Å². The van der Waals surface area contributed by atoms with Crippen molar-refractivity contribution in [3.63, 3.8) is 0 Å². The first-order chi connectivity index (χ1) is 35.7. The quantitative estimate of drug-likeness (QED) is 0.171. The van der Waals surface area contributed by atoms with Crippen LogP contribution in [0.5, 0.6) is 0 Å². The molecule has 3 aliphatic carbocycles. The van der Waals surface area contributed by atoms with Crippen molar-refractivity contribution in [2.24, 2.45) is 0 Å². The summed E-state index contributed by atoms with van der Waals surface area (Å²) < 4.78 is 6.53. The molecule has 0 saturated carbocycles. The van der Waals surface area contributed by atoms with Gasteiger partial charge in [0.25, 0.3) is 0 Å². The molecule has 14 rings (SSSR count). The van der Waals surface area contributed by atoms with Crippen molar-refractivity contribution < 1.29 is 4.42 Å². The van der Waals surface area contributed by atoms with Crippen LogP contribution in [0.3, 0.4) is 0 Å². The molecule has 3 aliphatic rings. The van der Waals surface area contributed by atoms with E-state index in [0.29, 0.717) is 0 Å². The molecule has 11 aromatic rings. The maximum absolute atomic E-state index is 6.53. The van der Waals surface area contributed by atoms with E-state index < -0.39 is 5.41 Å². The standard InChI is InChI=1S/C72H59NO/c1-69(2,3)46-31-38-56-57-39-32-47(70(4,5)6)42-65(57)72(64(56)41-46)62-25-13-10-18-54(62)59-22-15-20-51(67(59)72)44-27-33-48(34-28-44)73(50-37-40-55-53-17-9-12-24-61(53)71(7,8)63(55)43-50)49-35-29-45(30-36-49)52-21-16-23-60-58-19-11-14-26-66(58)74-68(52)60/h9-43H,1-8H3. The molecule has 0 radical (unpaired) electrons. The van der Waals surface area contributed by atoms with E-state index in [-0.39, 0.29) is 16.2 Å². The van der Waals surface area contributed by atoms with E-state index in [0.717, 1.165) is 50.1 Å². The van der Waals surface area contributed by atoms with Gasteiger partial charge in [0.05, 0.1) is 5.41 Å². The lowest BCUT2D eigenvalue weighted by molar-refractivity contribution is 0.586. The van der Waals surface area contributed by atoms with Crippen molar-refractivity contribution in [2.45, 2.75) is 77.0 Å². The molecule has 10 aromatic carbocycles. The second-order valence-corrected chi connectivity index (χ2v) is 23.7. The summed E-state index contributed by atoms with van der Waals surface area (Å²) in [6, 6.07) is 80.2. The van der Waals surface area contributed by atoms with Gasteiger partial charge in [-0.1, -0.05) is 225 Å². The minimum absolute atomic E-state index is 0.0226. The van der Waals surface area contributed by atoms with Crippen LogP contribution in [-0.4, -0.2) is 0 Å². The second-order valence-electron chi connectivity index (χ2n) is 23.7. The molecule has 1 heterocycles. The van der Waals surface area contributed by atoms with Crippen LogP contribution in [-0.2, 0) is 21.7 Å². The number of furan rings is 1. The van der Waals surface area contributed by atoms with Gasteiger partial charge >= 0.3 is 0 Å². The summed E-state index contributed by atoms with van der Waals surface area (Å²) in [5.41, 5.74) is 28.0. The number of para-hydroxylation sites is 2. The molecule has 1 aromatic heterocycles. The molecule has 0 atom stereocenters. The third-order valence-electron chi connectivity index (χ3n) is 17.0. The highest BCUT2D eigenvalue weighted by Crippen LogP contribution is 2.65. The molecule has 2 heteroatoms. The largest absolute Gasteiger partial charge is 0.455 e. The van der Waals surface area contributed by atoms with Crippen LogP contribution >= 0.6 is 0 Å². The van der Waals surface area contributed by atoms with Gasteiger partial charge in [-0.2, -0.15) is 0 Å². The fourth-order valence-corrected chi connectivity index (χ4v) is 13.3. The summed E-state index contributed by atoms with van der Waals surface area (Å²) in [4.78, 5) is 2.44. The minimum atomic E-state index is -0.510. The van der Waals surface area contributed by atoms with Gasteiger partial charge in [-0.25, -0.2) is 0 Å². The van der Waals surface area contributed by atoms with Crippen molar-refractivity contribution in [1.82, 2.24) is 0 Å². The summed E-state index contributed by atoms with van der Waals surface area (Å²) in [6.45, 7) is 18.8. The normalized spacial score (nSPS) is 14.4. The first-order valence-corrected chi connectivity index (χ1v) is 26.4. The summed E-state index contributed by atoms with van der Waals surface area (Å²) in [7, 11) is 0. The summed E-state index contributed by atoms with van der Waals surface area (Å²) in [6.07, 6.45) is 0. The lowest BCUT2D eigenvalue weighted by atomic mass is 9.67. The maximum Gasteiger partial charge on any atom is 0.143 e. The first-order valence-electron chi connectivity index (χ1n) is 26.4. The average molecular weight is 954 g/mol. The first kappa shape index (κ1) is 44.5. The Morgan fingerprint density at radius 3 is 1.46 bits per heavy atom. The van der Waals surface area contributed by atoms with E-state index in [2.05, 4.69) is 267 Å². The summed E-state index contributed by atoms with van der Waals surface area (Å²) in [5, 5.41) is 2.27. The number of rotatable bonds is 5. The molecule has 358 valence electrons. The topological polar surface area (TPSA) is 16.4 Å². The van der Waals surface area contributed by atoms with Gasteiger partial charge in [-0.15, -0.1) is 0 Å². The van der Waals surface area contributed by atoms with Crippen molar-refractivity contribution in [3.8, 4) is 55.6 Å². The van der Waals surface area contributed by atoms with E-state index >= 15 is 0 Å². The molecular formula is C72H59NO. The number of benzene rings is 10. The number of hydrogen-bond acceptors (Lipinski definition) is 2. The van der Waals surface area contributed by atoms with Gasteiger partial charge in [0, 0.05) is 38.8 Å². The van der Waals surface area contributed by atoms with Gasteiger partial charge in [-0.05, 0) is 148 Å². The predicted octanol–water partition coefficient (Wildman–Crippen LogP) is 19.6. The number of fused-ring (bicyclic) bond motifs is 16. The fourth-order valence-electron chi connectivity index (χ4n) is 13.3. The molecule has 2 nitrogen and oxygen atoms in total. The minimum Gasteiger partial charge on any atom is -0.455 e. The van der Waals surface area contributed by atoms with Crippen LogP contribution in [0.2, 0.25) is 0 Å². The fraction of sp³-hybridized carbons (Fsp3) is 0.167. The zero-order valence-corrected chi connectivity index (χ0v) is 43.6. The van der Waals surface area contributed by atoms with Gasteiger partial charge in [0.2, 0.25) is 0 Å². The monoisotopic (exact) mass is 953 g/mol. The van der Waals surface area contributed by atoms with Crippen LogP contribution in [0.15, 0.2) is 217 Å². The van der Waals surface area contributed by atoms with Gasteiger partial charge < -0.3 is 9.32 Å². The molecule has 0 amide bonds. The maximum atomic E-state index is 6.53. The Labute approximate surface area is 435 Å². The molecule has 0 fully saturated rings. The highest BCUT2D eigenvalue weighted by Gasteiger charge is 2.53. The van der Waals surface area contributed by atoms with Crippen LogP contribution in [0.25, 0.3) is 77.6 Å². The number of hydrogen-bond donors (Lipinski definition) is 0. The number of nitrogens with zero attached hydrogens (tertiary/aromatic N) is 1. The molecular weight excluding hydrogens is 895 g/mol. The van der Waals surface area contributed by atoms with Crippen LogP contribution < -0.4 is 4.90 Å². The van der Waals surface area contributed by atoms with Crippen LogP contribution in [0, 0.1) is 0 Å². The SMILES string of the molecule is CC(C)(C)c1ccc2c(c1)C1(c3cc(C(C)(C)C)ccc3-2)c2ccccc2-c2cccc(-c3ccc(N(c4ccc(-c5cccc6c5oc5ccccc56)cc4)c4ccc5c(c4)C(C)(C)c4ccccc4-5)cc3)c21. The Hall–Kier alpha value is -8.20. The summed E-state index contributed by atoms with van der Waals surface area (Å²) >= 11 is 0. The van der Waals surface area contributed by atoms with Crippen LogP contribution in [0.4, 0.5) is 17.1 Å². The summed E-state index contributed by atoms with van der Waals surface area (Å²) in [5.74, 6) is 0. The zero-order valence-electron chi connectivity index (χ0n) is 43.6. The van der Waals surface area contributed by atoms with Crippen molar-refractivity contribution >= 4 is 39.0 Å². The third kappa shape index (κ3) is 6.30. The van der Waals surface area contributed by atoms with E-state index in [4.69, 9.17) is 4.42 Å². The Balaban J connectivity index is 0.942. The Bertz CT molecular complexity index is 4050. The molecule has 0 N–H and O–H groups in total. The zero-order chi connectivity index (χ0) is 50.5. The molecule has 0 saturated heterocycles. The van der Waals surface area contributed by atoms with E-state index in [1.807, 2.05) is 6.07 Å². The Morgan fingerprint density at radius 2 is 0.811 bits per heavy atom. The van der Waals surface area contributed by atoms with Crippen molar-refractivity contribution in [2.75, 3.05) is 4.90 Å². The molecule has 1 spiro atoms. The van der Waals surface area contributed by atoms with E-state index in [9.17, 15) is 0 Å². The Morgan fingerprint density at radius 1 is 0.351 bits per heavy atom. The predicted molar refractivity (Wildman–Crippen MR) is 311 cm³/mol.